The first-order valence-electron chi connectivity index (χ1n) is 11.8. The fourth-order valence-electron chi connectivity index (χ4n) is 4.84. The fraction of sp³-hybridized carbons (Fsp3) is 0.103. The Labute approximate surface area is 220 Å². The van der Waals surface area contributed by atoms with Crippen LogP contribution in [0.15, 0.2) is 97.5 Å². The van der Waals surface area contributed by atoms with E-state index in [4.69, 9.17) is 17.3 Å². The molecule has 4 N–H and O–H groups in total. The minimum absolute atomic E-state index is 0.260. The fourth-order valence-corrected chi connectivity index (χ4v) is 5.20. The normalized spacial score (nSPS) is 19.6. The molecule has 190 valence electrons. The van der Waals surface area contributed by atoms with E-state index < -0.39 is 22.7 Å². The molecule has 0 fully saturated rings. The van der Waals surface area contributed by atoms with Crippen LogP contribution >= 0.6 is 11.6 Å². The summed E-state index contributed by atoms with van der Waals surface area (Å²) in [6.45, 7) is 0. The Balaban J connectivity index is 1.45. The zero-order valence-corrected chi connectivity index (χ0v) is 20.6. The number of benzene rings is 3. The van der Waals surface area contributed by atoms with Crippen LogP contribution < -0.4 is 11.1 Å². The Morgan fingerprint density at radius 2 is 1.82 bits per heavy atom. The van der Waals surface area contributed by atoms with E-state index in [1.807, 2.05) is 54.6 Å². The molecule has 0 bridgehead atoms. The number of fused-ring (bicyclic) bond motifs is 3. The van der Waals surface area contributed by atoms with E-state index in [2.05, 4.69) is 20.3 Å². The molecule has 1 aliphatic rings. The lowest BCUT2D eigenvalue weighted by atomic mass is 9.83. The van der Waals surface area contributed by atoms with Gasteiger partial charge in [0.2, 0.25) is 0 Å². The lowest BCUT2D eigenvalue weighted by Crippen LogP contribution is -2.37. The minimum Gasteiger partial charge on any atom is -0.399 e. The van der Waals surface area contributed by atoms with Gasteiger partial charge in [-0.3, -0.25) is 0 Å². The van der Waals surface area contributed by atoms with Gasteiger partial charge in [0.05, 0.1) is 5.56 Å². The molecular formula is C29H21ClF3N5. The Morgan fingerprint density at radius 1 is 1.00 bits per heavy atom. The maximum absolute atomic E-state index is 13.4. The Kier molecular flexibility index (Phi) is 5.65. The number of hydrogen-bond donors (Lipinski definition) is 3. The van der Waals surface area contributed by atoms with Gasteiger partial charge in [-0.05, 0) is 59.2 Å². The predicted molar refractivity (Wildman–Crippen MR) is 146 cm³/mol. The van der Waals surface area contributed by atoms with Crippen molar-refractivity contribution in [1.82, 2.24) is 15.0 Å². The molecule has 1 aliphatic carbocycles. The molecule has 3 aromatic carbocycles. The van der Waals surface area contributed by atoms with Gasteiger partial charge in [-0.1, -0.05) is 54.1 Å². The number of nitrogens with zero attached hydrogens (tertiary/aromatic N) is 2. The van der Waals surface area contributed by atoms with E-state index in [9.17, 15) is 13.2 Å². The second kappa shape index (κ2) is 8.92. The topological polar surface area (TPSA) is 79.6 Å². The summed E-state index contributed by atoms with van der Waals surface area (Å²) in [5, 5.41) is 5.02. The molecule has 0 radical (unpaired) electrons. The first-order valence-corrected chi connectivity index (χ1v) is 12.2. The summed E-state index contributed by atoms with van der Waals surface area (Å²) < 4.78 is 40.1. The smallest absolute Gasteiger partial charge is 0.399 e. The van der Waals surface area contributed by atoms with Crippen LogP contribution in [0.1, 0.15) is 22.6 Å². The Hall–Kier alpha value is -4.30. The van der Waals surface area contributed by atoms with Gasteiger partial charge in [0, 0.05) is 39.8 Å². The monoisotopic (exact) mass is 531 g/mol. The van der Waals surface area contributed by atoms with Crippen molar-refractivity contribution in [2.75, 3.05) is 11.1 Å². The number of allylic oxidation sites excluding steroid dienone is 2. The summed E-state index contributed by atoms with van der Waals surface area (Å²) in [7, 11) is 0. The third-order valence-electron chi connectivity index (χ3n) is 6.73. The van der Waals surface area contributed by atoms with Gasteiger partial charge in [0.15, 0.2) is 0 Å². The quantitative estimate of drug-likeness (QED) is 0.127. The average Bonchev–Trinajstić information content (AvgIpc) is 3.27. The van der Waals surface area contributed by atoms with Crippen LogP contribution in [0.4, 0.5) is 24.5 Å². The number of hydrogen-bond acceptors (Lipinski definition) is 4. The number of rotatable bonds is 4. The van der Waals surface area contributed by atoms with Crippen molar-refractivity contribution in [2.24, 2.45) is 0 Å². The van der Waals surface area contributed by atoms with Gasteiger partial charge in [0.25, 0.3) is 0 Å². The molecule has 6 rings (SSSR count). The maximum Gasteiger partial charge on any atom is 0.416 e. The number of anilines is 2. The number of nitrogens with one attached hydrogen (secondary N) is 2. The number of halogens is 4. The van der Waals surface area contributed by atoms with Crippen LogP contribution in [0.2, 0.25) is 0 Å². The van der Waals surface area contributed by atoms with Crippen molar-refractivity contribution >= 4 is 50.5 Å². The molecule has 0 amide bonds. The first-order chi connectivity index (χ1) is 18.2. The Bertz CT molecular complexity index is 1720. The third kappa shape index (κ3) is 4.37. The molecule has 0 aliphatic heterocycles. The second-order valence-electron chi connectivity index (χ2n) is 9.24. The third-order valence-corrected chi connectivity index (χ3v) is 7.19. The van der Waals surface area contributed by atoms with E-state index in [1.165, 1.54) is 12.4 Å². The second-order valence-corrected chi connectivity index (χ2v) is 9.87. The molecule has 2 aromatic heterocycles. The Morgan fingerprint density at radius 3 is 2.61 bits per heavy atom. The summed E-state index contributed by atoms with van der Waals surface area (Å²) in [5.41, 5.74) is 10.3. The van der Waals surface area contributed by atoms with E-state index in [0.29, 0.717) is 11.3 Å². The van der Waals surface area contributed by atoms with Gasteiger partial charge < -0.3 is 16.0 Å². The van der Waals surface area contributed by atoms with Crippen molar-refractivity contribution in [3.05, 3.63) is 114 Å². The van der Waals surface area contributed by atoms with Crippen molar-refractivity contribution in [3.8, 4) is 0 Å². The molecular weight excluding hydrogens is 511 g/mol. The standard InChI is InChI=1S/C29H21ClF3N5/c30-28(38-22-3-1-2-20(14-22)29(31,32)33)11-10-18(17-4-7-21(34)8-5-17)12-25(28)19-6-9-23-24-15-35-16-36-27(24)37-26(23)13-19/h1-16,25,38H,34H2,(H,35,36,37). The number of aromatic nitrogens is 3. The molecule has 2 atom stereocenters. The molecule has 0 spiro atoms. The summed E-state index contributed by atoms with van der Waals surface area (Å²) in [4.78, 5) is 10.5. The molecule has 5 nitrogen and oxygen atoms in total. The van der Waals surface area contributed by atoms with Crippen LogP contribution in [0.5, 0.6) is 0 Å². The number of nitrogen functional groups attached to an aromatic ring is 1. The highest BCUT2D eigenvalue weighted by molar-refractivity contribution is 6.27. The van der Waals surface area contributed by atoms with Crippen molar-refractivity contribution in [2.45, 2.75) is 17.1 Å². The summed E-state index contributed by atoms with van der Waals surface area (Å²) in [6.07, 6.45) is 4.44. The van der Waals surface area contributed by atoms with Gasteiger partial charge in [-0.15, -0.1) is 0 Å². The van der Waals surface area contributed by atoms with Gasteiger partial charge in [-0.25, -0.2) is 9.97 Å². The average molecular weight is 532 g/mol. The molecule has 0 saturated carbocycles. The van der Waals surface area contributed by atoms with Crippen LogP contribution in [-0.4, -0.2) is 20.0 Å². The SMILES string of the molecule is Nc1ccc(C2=CC(c3ccc4c(c3)[nH]c3ncncc34)C(Cl)(Nc3cccc(C(F)(F)F)c3)C=C2)cc1. The summed E-state index contributed by atoms with van der Waals surface area (Å²) >= 11 is 7.21. The highest BCUT2D eigenvalue weighted by atomic mass is 35.5. The van der Waals surface area contributed by atoms with E-state index in [-0.39, 0.29) is 5.69 Å². The molecule has 0 saturated heterocycles. The zero-order chi connectivity index (χ0) is 26.5. The van der Waals surface area contributed by atoms with Gasteiger partial charge >= 0.3 is 6.18 Å². The van der Waals surface area contributed by atoms with Crippen molar-refractivity contribution in [3.63, 3.8) is 0 Å². The van der Waals surface area contributed by atoms with Crippen molar-refractivity contribution < 1.29 is 13.2 Å². The lowest BCUT2D eigenvalue weighted by Gasteiger charge is -2.36. The largest absolute Gasteiger partial charge is 0.416 e. The first kappa shape index (κ1) is 24.1. The highest BCUT2D eigenvalue weighted by Gasteiger charge is 2.38. The number of nitrogens with two attached hydrogens (primary N) is 1. The van der Waals surface area contributed by atoms with Crippen LogP contribution in [0.3, 0.4) is 0 Å². The molecule has 9 heteroatoms. The van der Waals surface area contributed by atoms with Crippen LogP contribution in [0.25, 0.3) is 27.5 Å². The van der Waals surface area contributed by atoms with Crippen molar-refractivity contribution in [1.29, 1.82) is 0 Å². The highest BCUT2D eigenvalue weighted by Crippen LogP contribution is 2.44. The number of H-pyrrole nitrogens is 1. The van der Waals surface area contributed by atoms with Gasteiger partial charge in [-0.2, -0.15) is 13.2 Å². The molecule has 2 heterocycles. The van der Waals surface area contributed by atoms with E-state index in [1.54, 1.807) is 18.3 Å². The minimum atomic E-state index is -4.47. The molecule has 2 unspecified atom stereocenters. The van der Waals surface area contributed by atoms with E-state index in [0.717, 1.165) is 45.1 Å². The lowest BCUT2D eigenvalue weighted by molar-refractivity contribution is -0.137. The number of aromatic amines is 1. The van der Waals surface area contributed by atoms with Crippen LogP contribution in [-0.2, 0) is 6.18 Å². The molecule has 5 aromatic rings. The van der Waals surface area contributed by atoms with E-state index >= 15 is 0 Å². The number of alkyl halides is 4. The zero-order valence-electron chi connectivity index (χ0n) is 19.8. The molecule has 38 heavy (non-hydrogen) atoms. The maximum atomic E-state index is 13.4. The summed E-state index contributed by atoms with van der Waals surface area (Å²) in [5.74, 6) is -0.446. The van der Waals surface area contributed by atoms with Gasteiger partial charge in [0.1, 0.15) is 17.0 Å². The predicted octanol–water partition coefficient (Wildman–Crippen LogP) is 7.50. The van der Waals surface area contributed by atoms with Crippen LogP contribution in [0, 0.1) is 0 Å². The summed E-state index contributed by atoms with van der Waals surface area (Å²) in [6, 6.07) is 18.4.